The number of ether oxygens (including phenoxy) is 1. The molecule has 0 spiro atoms. The highest BCUT2D eigenvalue weighted by molar-refractivity contribution is 6.04. The van der Waals surface area contributed by atoms with Crippen LogP contribution >= 0.6 is 0 Å². The zero-order valence-electron chi connectivity index (χ0n) is 19.6. The molecular formula is C28H21F3N4O2. The minimum atomic E-state index is -4.53. The van der Waals surface area contributed by atoms with E-state index in [-0.39, 0.29) is 5.56 Å². The first-order valence-corrected chi connectivity index (χ1v) is 11.4. The molecule has 0 bridgehead atoms. The lowest BCUT2D eigenvalue weighted by Crippen LogP contribution is -2.14. The Bertz CT molecular complexity index is 1580. The molecule has 2 heterocycles. The Hall–Kier alpha value is -4.66. The number of rotatable bonds is 6. The number of H-pyrrole nitrogens is 1. The highest BCUT2D eigenvalue weighted by Crippen LogP contribution is 2.30. The van der Waals surface area contributed by atoms with Crippen LogP contribution in [0.25, 0.3) is 22.3 Å². The molecule has 5 rings (SSSR count). The molecule has 2 N–H and O–H groups in total. The highest BCUT2D eigenvalue weighted by Gasteiger charge is 2.30. The van der Waals surface area contributed by atoms with Gasteiger partial charge in [0, 0.05) is 29.4 Å². The maximum Gasteiger partial charge on any atom is 0.416 e. The van der Waals surface area contributed by atoms with E-state index in [2.05, 4.69) is 15.3 Å². The lowest BCUT2D eigenvalue weighted by molar-refractivity contribution is -0.137. The van der Waals surface area contributed by atoms with Gasteiger partial charge in [0.15, 0.2) is 0 Å². The number of hydrogen-bond acceptors (Lipinski definition) is 4. The molecule has 3 aromatic carbocycles. The summed E-state index contributed by atoms with van der Waals surface area (Å²) in [5.41, 5.74) is 3.57. The summed E-state index contributed by atoms with van der Waals surface area (Å²) in [5.74, 6) is 0.694. The van der Waals surface area contributed by atoms with Gasteiger partial charge in [-0.3, -0.25) is 4.79 Å². The van der Waals surface area contributed by atoms with Crippen molar-refractivity contribution in [1.29, 1.82) is 0 Å². The van der Waals surface area contributed by atoms with Crippen molar-refractivity contribution >= 4 is 22.6 Å². The number of methoxy groups -OCH3 is 1. The number of fused-ring (bicyclic) bond motifs is 1. The summed E-state index contributed by atoms with van der Waals surface area (Å²) in [5, 5.41) is 2.67. The smallest absolute Gasteiger partial charge is 0.416 e. The van der Waals surface area contributed by atoms with E-state index >= 15 is 0 Å². The van der Waals surface area contributed by atoms with Crippen molar-refractivity contribution in [3.63, 3.8) is 0 Å². The summed E-state index contributed by atoms with van der Waals surface area (Å²) < 4.78 is 44.3. The van der Waals surface area contributed by atoms with Crippen molar-refractivity contribution < 1.29 is 22.7 Å². The second-order valence-electron chi connectivity index (χ2n) is 8.36. The number of nitrogens with zero attached hydrogens (tertiary/aromatic N) is 2. The zero-order chi connectivity index (χ0) is 26.0. The molecule has 0 aliphatic heterocycles. The van der Waals surface area contributed by atoms with Crippen LogP contribution < -0.4 is 10.1 Å². The second kappa shape index (κ2) is 9.77. The molecule has 0 aliphatic carbocycles. The molecule has 0 unspecified atom stereocenters. The fraction of sp³-hybridized carbons (Fsp3) is 0.107. The third kappa shape index (κ3) is 5.30. The first-order valence-electron chi connectivity index (χ1n) is 11.4. The number of alkyl halides is 3. The van der Waals surface area contributed by atoms with Gasteiger partial charge in [0.1, 0.15) is 11.6 Å². The summed E-state index contributed by atoms with van der Waals surface area (Å²) in [6.07, 6.45) is -2.33. The van der Waals surface area contributed by atoms with E-state index in [1.165, 1.54) is 12.1 Å². The van der Waals surface area contributed by atoms with E-state index < -0.39 is 17.6 Å². The van der Waals surface area contributed by atoms with Crippen LogP contribution in [0.3, 0.4) is 0 Å². The monoisotopic (exact) mass is 502 g/mol. The van der Waals surface area contributed by atoms with Crippen molar-refractivity contribution in [3.8, 4) is 17.0 Å². The molecule has 6 nitrogen and oxygen atoms in total. The highest BCUT2D eigenvalue weighted by atomic mass is 19.4. The van der Waals surface area contributed by atoms with Gasteiger partial charge in [0.2, 0.25) is 0 Å². The maximum absolute atomic E-state index is 13.0. The number of amides is 1. The van der Waals surface area contributed by atoms with E-state index in [4.69, 9.17) is 9.72 Å². The number of aromatic amines is 1. The largest absolute Gasteiger partial charge is 0.497 e. The Morgan fingerprint density at radius 2 is 1.76 bits per heavy atom. The number of carbonyl (C=O) groups is 1. The van der Waals surface area contributed by atoms with Gasteiger partial charge in [-0.25, -0.2) is 9.97 Å². The van der Waals surface area contributed by atoms with Gasteiger partial charge in [0.25, 0.3) is 5.91 Å². The van der Waals surface area contributed by atoms with Gasteiger partial charge in [-0.1, -0.05) is 18.2 Å². The third-order valence-electron chi connectivity index (χ3n) is 5.81. The predicted octanol–water partition coefficient (Wildman–Crippen LogP) is 6.50. The Morgan fingerprint density at radius 3 is 2.51 bits per heavy atom. The van der Waals surface area contributed by atoms with E-state index in [9.17, 15) is 18.0 Å². The Morgan fingerprint density at radius 1 is 0.973 bits per heavy atom. The quantitative estimate of drug-likeness (QED) is 0.278. The number of halogens is 3. The summed E-state index contributed by atoms with van der Waals surface area (Å²) in [6, 6.07) is 20.8. The van der Waals surface area contributed by atoms with Crippen LogP contribution in [0.4, 0.5) is 18.9 Å². The van der Waals surface area contributed by atoms with Crippen LogP contribution in [0.5, 0.6) is 5.75 Å². The molecule has 0 fully saturated rings. The van der Waals surface area contributed by atoms with Crippen LogP contribution in [0, 0.1) is 0 Å². The standard InChI is InChI=1S/C28H21F3N4O2/c1-37-22-10-8-18(9-11-22)25-26-23(12-13-32-26)34-24(35-25)15-17-4-2-7-21(14-17)33-27(36)19-5-3-6-20(16-19)28(29,30)31/h2-14,16,32H,15H2,1H3,(H,33,36). The molecule has 0 radical (unpaired) electrons. The van der Waals surface area contributed by atoms with Gasteiger partial charge in [-0.15, -0.1) is 0 Å². The number of hydrogen-bond donors (Lipinski definition) is 2. The number of carbonyl (C=O) groups excluding carboxylic acids is 1. The van der Waals surface area contributed by atoms with Crippen LogP contribution in [-0.2, 0) is 12.6 Å². The first kappa shape index (κ1) is 24.1. The molecule has 0 aliphatic rings. The number of anilines is 1. The van der Waals surface area contributed by atoms with E-state index in [1.54, 1.807) is 31.5 Å². The second-order valence-corrected chi connectivity index (χ2v) is 8.36. The lowest BCUT2D eigenvalue weighted by atomic mass is 10.1. The number of nitrogens with one attached hydrogen (secondary N) is 2. The molecule has 0 atom stereocenters. The number of aromatic nitrogens is 3. The zero-order valence-corrected chi connectivity index (χ0v) is 19.6. The predicted molar refractivity (Wildman–Crippen MR) is 135 cm³/mol. The summed E-state index contributed by atoms with van der Waals surface area (Å²) in [6.45, 7) is 0. The van der Waals surface area contributed by atoms with Crippen LogP contribution in [0.15, 0.2) is 85.1 Å². The van der Waals surface area contributed by atoms with Gasteiger partial charge in [-0.2, -0.15) is 13.2 Å². The number of benzene rings is 3. The average Bonchev–Trinajstić information content (AvgIpc) is 3.37. The lowest BCUT2D eigenvalue weighted by Gasteiger charge is -2.11. The summed E-state index contributed by atoms with van der Waals surface area (Å²) in [4.78, 5) is 25.3. The third-order valence-corrected chi connectivity index (χ3v) is 5.81. The molecule has 9 heteroatoms. The normalized spacial score (nSPS) is 11.5. The molecular weight excluding hydrogens is 481 g/mol. The molecule has 186 valence electrons. The van der Waals surface area contributed by atoms with Crippen LogP contribution in [-0.4, -0.2) is 28.0 Å². The van der Waals surface area contributed by atoms with Crippen LogP contribution in [0.2, 0.25) is 0 Å². The molecule has 2 aromatic heterocycles. The van der Waals surface area contributed by atoms with Gasteiger partial charge in [-0.05, 0) is 66.2 Å². The SMILES string of the molecule is COc1ccc(-c2nc(Cc3cccc(NC(=O)c4cccc(C(F)(F)F)c4)c3)nc3cc[nH]c23)cc1. The van der Waals surface area contributed by atoms with Crippen molar-refractivity contribution in [3.05, 3.63) is 108 Å². The minimum absolute atomic E-state index is 0.0781. The molecule has 1 amide bonds. The molecule has 0 saturated carbocycles. The first-order chi connectivity index (χ1) is 17.8. The van der Waals surface area contributed by atoms with Crippen molar-refractivity contribution in [2.24, 2.45) is 0 Å². The van der Waals surface area contributed by atoms with E-state index in [0.717, 1.165) is 45.7 Å². The minimum Gasteiger partial charge on any atom is -0.497 e. The topological polar surface area (TPSA) is 79.9 Å². The van der Waals surface area contributed by atoms with Crippen molar-refractivity contribution in [2.75, 3.05) is 12.4 Å². The van der Waals surface area contributed by atoms with Gasteiger partial charge >= 0.3 is 6.18 Å². The van der Waals surface area contributed by atoms with Crippen molar-refractivity contribution in [2.45, 2.75) is 12.6 Å². The molecule has 0 saturated heterocycles. The molecule has 37 heavy (non-hydrogen) atoms. The van der Waals surface area contributed by atoms with Crippen LogP contribution in [0.1, 0.15) is 27.3 Å². The summed E-state index contributed by atoms with van der Waals surface area (Å²) >= 11 is 0. The fourth-order valence-corrected chi connectivity index (χ4v) is 4.01. The van der Waals surface area contributed by atoms with E-state index in [1.807, 2.05) is 36.4 Å². The average molecular weight is 502 g/mol. The Labute approximate surface area is 210 Å². The summed E-state index contributed by atoms with van der Waals surface area (Å²) in [7, 11) is 1.61. The maximum atomic E-state index is 13.0. The Balaban J connectivity index is 1.39. The van der Waals surface area contributed by atoms with Gasteiger partial charge < -0.3 is 15.0 Å². The van der Waals surface area contributed by atoms with Gasteiger partial charge in [0.05, 0.1) is 29.4 Å². The fourth-order valence-electron chi connectivity index (χ4n) is 4.01. The Kier molecular flexibility index (Phi) is 6.35. The van der Waals surface area contributed by atoms with Crippen molar-refractivity contribution in [1.82, 2.24) is 15.0 Å². The van der Waals surface area contributed by atoms with E-state index in [0.29, 0.717) is 17.9 Å². The molecule has 5 aromatic rings.